The van der Waals surface area contributed by atoms with E-state index >= 15 is 0 Å². The predicted octanol–water partition coefficient (Wildman–Crippen LogP) is 2.02. The number of hydrogen-bond donors (Lipinski definition) is 1. The molecule has 0 fully saturated rings. The van der Waals surface area contributed by atoms with E-state index in [9.17, 15) is 0 Å². The molecule has 0 aromatic rings. The number of nitrogens with two attached hydrogens (primary N) is 1. The summed E-state index contributed by atoms with van der Waals surface area (Å²) in [5.74, 6) is 0. The fourth-order valence-electron chi connectivity index (χ4n) is 0.762. The topological polar surface area (TPSA) is 44.5 Å². The maximum absolute atomic E-state index is 5.88. The Labute approximate surface area is 90.2 Å². The van der Waals surface area contributed by atoms with Crippen molar-refractivity contribution >= 4 is 16.6 Å². The van der Waals surface area contributed by atoms with Crippen molar-refractivity contribution in [1.29, 1.82) is 0 Å². The molecule has 0 radical (unpaired) electrons. The first-order chi connectivity index (χ1) is 6.10. The molecule has 0 spiro atoms. The molecule has 0 aromatic heterocycles. The van der Waals surface area contributed by atoms with Crippen LogP contribution < -0.4 is 5.73 Å². The minimum absolute atomic E-state index is 0.0217. The van der Waals surface area contributed by atoms with Gasteiger partial charge in [-0.15, -0.1) is 0 Å². The highest BCUT2D eigenvalue weighted by molar-refractivity contribution is 6.70. The van der Waals surface area contributed by atoms with Crippen molar-refractivity contribution in [2.75, 3.05) is 13.2 Å². The first-order valence-corrected chi connectivity index (χ1v) is 12.0. The molecule has 3 nitrogen and oxygen atoms in total. The monoisotopic (exact) mass is 235 g/mol. The molecule has 5 heteroatoms. The van der Waals surface area contributed by atoms with Crippen LogP contribution in [-0.4, -0.2) is 35.9 Å². The lowest BCUT2D eigenvalue weighted by Gasteiger charge is -2.23. The predicted molar refractivity (Wildman–Crippen MR) is 66.6 cm³/mol. The third-order valence-corrected chi connectivity index (χ3v) is 3.53. The molecule has 0 unspecified atom stereocenters. The second kappa shape index (κ2) is 5.41. The highest BCUT2D eigenvalue weighted by Crippen LogP contribution is 2.05. The summed E-state index contributed by atoms with van der Waals surface area (Å²) in [5, 5.41) is 0. The third kappa shape index (κ3) is 10.4. The Morgan fingerprint density at radius 3 is 1.36 bits per heavy atom. The SMILES string of the molecule is C[Si](C)(C)OCC(N)CO[Si](C)(C)C. The van der Waals surface area contributed by atoms with Crippen LogP contribution in [0.3, 0.4) is 0 Å². The van der Waals surface area contributed by atoms with E-state index in [1.807, 2.05) is 0 Å². The van der Waals surface area contributed by atoms with Crippen LogP contribution in [0.25, 0.3) is 0 Å². The van der Waals surface area contributed by atoms with Crippen LogP contribution in [0.4, 0.5) is 0 Å². The molecule has 14 heavy (non-hydrogen) atoms. The van der Waals surface area contributed by atoms with Gasteiger partial charge in [-0.1, -0.05) is 0 Å². The van der Waals surface area contributed by atoms with Gasteiger partial charge in [0.1, 0.15) is 0 Å². The van der Waals surface area contributed by atoms with Gasteiger partial charge in [0.05, 0.1) is 13.2 Å². The first kappa shape index (κ1) is 14.3. The zero-order valence-corrected chi connectivity index (χ0v) is 12.4. The van der Waals surface area contributed by atoms with Crippen LogP contribution in [0, 0.1) is 0 Å². The lowest BCUT2D eigenvalue weighted by molar-refractivity contribution is 0.213. The largest absolute Gasteiger partial charge is 0.416 e. The van der Waals surface area contributed by atoms with Gasteiger partial charge in [0.25, 0.3) is 0 Å². The average Bonchev–Trinajstić information content (AvgIpc) is 1.94. The van der Waals surface area contributed by atoms with Crippen LogP contribution in [-0.2, 0) is 8.85 Å². The summed E-state index contributed by atoms with van der Waals surface area (Å²) in [5.41, 5.74) is 5.88. The molecule has 0 aliphatic rings. The van der Waals surface area contributed by atoms with Crippen molar-refractivity contribution in [3.05, 3.63) is 0 Å². The standard InChI is InChI=1S/C9H25NO2Si2/c1-13(2,3)11-7-9(10)8-12-14(4,5)6/h9H,7-8,10H2,1-6H3. The molecule has 0 atom stereocenters. The fraction of sp³-hybridized carbons (Fsp3) is 1.00. The van der Waals surface area contributed by atoms with Gasteiger partial charge >= 0.3 is 0 Å². The summed E-state index contributed by atoms with van der Waals surface area (Å²) in [7, 11) is -2.84. The molecule has 0 saturated heterocycles. The molecule has 0 aliphatic carbocycles. The second-order valence-corrected chi connectivity index (χ2v) is 14.6. The molecule has 0 rings (SSSR count). The van der Waals surface area contributed by atoms with E-state index in [1.165, 1.54) is 0 Å². The molecule has 2 N–H and O–H groups in total. The van der Waals surface area contributed by atoms with E-state index in [0.717, 1.165) is 0 Å². The van der Waals surface area contributed by atoms with Gasteiger partial charge in [-0.2, -0.15) is 0 Å². The Kier molecular flexibility index (Phi) is 5.53. The van der Waals surface area contributed by atoms with E-state index in [2.05, 4.69) is 39.3 Å². The summed E-state index contributed by atoms with van der Waals surface area (Å²) < 4.78 is 11.4. The highest BCUT2D eigenvalue weighted by Gasteiger charge is 2.19. The van der Waals surface area contributed by atoms with E-state index in [4.69, 9.17) is 14.6 Å². The van der Waals surface area contributed by atoms with Gasteiger partial charge in [-0.25, -0.2) is 0 Å². The van der Waals surface area contributed by atoms with E-state index in [0.29, 0.717) is 13.2 Å². The molecule has 0 saturated carbocycles. The quantitative estimate of drug-likeness (QED) is 0.716. The highest BCUT2D eigenvalue weighted by atomic mass is 28.4. The van der Waals surface area contributed by atoms with Crippen molar-refractivity contribution in [3.63, 3.8) is 0 Å². The molecule has 0 bridgehead atoms. The van der Waals surface area contributed by atoms with E-state index in [-0.39, 0.29) is 6.04 Å². The van der Waals surface area contributed by atoms with Gasteiger partial charge in [-0.05, 0) is 39.3 Å². The average molecular weight is 235 g/mol. The minimum Gasteiger partial charge on any atom is -0.416 e. The van der Waals surface area contributed by atoms with Crippen LogP contribution >= 0.6 is 0 Å². The van der Waals surface area contributed by atoms with Crippen molar-refractivity contribution < 1.29 is 8.85 Å². The van der Waals surface area contributed by atoms with Gasteiger partial charge < -0.3 is 14.6 Å². The molecule has 86 valence electrons. The van der Waals surface area contributed by atoms with Crippen molar-refractivity contribution in [1.82, 2.24) is 0 Å². The molecule has 0 aliphatic heterocycles. The lowest BCUT2D eigenvalue weighted by Crippen LogP contribution is -2.40. The Morgan fingerprint density at radius 2 is 1.14 bits per heavy atom. The summed E-state index contributed by atoms with van der Waals surface area (Å²) in [4.78, 5) is 0. The van der Waals surface area contributed by atoms with E-state index < -0.39 is 16.6 Å². The molecule has 0 heterocycles. The molecular weight excluding hydrogens is 210 g/mol. The first-order valence-electron chi connectivity index (χ1n) is 5.14. The maximum Gasteiger partial charge on any atom is 0.183 e. The van der Waals surface area contributed by atoms with Crippen LogP contribution in [0.2, 0.25) is 39.3 Å². The van der Waals surface area contributed by atoms with Gasteiger partial charge in [0, 0.05) is 6.04 Å². The summed E-state index contributed by atoms with van der Waals surface area (Å²) in [6.07, 6.45) is 0. The van der Waals surface area contributed by atoms with Gasteiger partial charge in [-0.3, -0.25) is 0 Å². The summed E-state index contributed by atoms with van der Waals surface area (Å²) in [6.45, 7) is 14.2. The summed E-state index contributed by atoms with van der Waals surface area (Å²) in [6, 6.07) is 0.0217. The van der Waals surface area contributed by atoms with Gasteiger partial charge in [0.15, 0.2) is 16.6 Å². The van der Waals surface area contributed by atoms with E-state index in [1.54, 1.807) is 0 Å². The smallest absolute Gasteiger partial charge is 0.183 e. The summed E-state index contributed by atoms with van der Waals surface area (Å²) >= 11 is 0. The molecular formula is C9H25NO2Si2. The lowest BCUT2D eigenvalue weighted by atomic mass is 10.4. The maximum atomic E-state index is 5.88. The second-order valence-electron chi connectivity index (χ2n) is 5.61. The number of rotatable bonds is 6. The van der Waals surface area contributed by atoms with Crippen LogP contribution in [0.5, 0.6) is 0 Å². The number of hydrogen-bond acceptors (Lipinski definition) is 3. The van der Waals surface area contributed by atoms with Crippen molar-refractivity contribution in [3.8, 4) is 0 Å². The Morgan fingerprint density at radius 1 is 0.857 bits per heavy atom. The zero-order valence-electron chi connectivity index (χ0n) is 10.4. The fourth-order valence-corrected chi connectivity index (χ4v) is 2.19. The van der Waals surface area contributed by atoms with Crippen molar-refractivity contribution in [2.45, 2.75) is 45.3 Å². The Bertz CT molecular complexity index is 145. The Hall–Kier alpha value is 0.314. The van der Waals surface area contributed by atoms with Crippen LogP contribution in [0.1, 0.15) is 0 Å². The van der Waals surface area contributed by atoms with Crippen LogP contribution in [0.15, 0.2) is 0 Å². The normalized spacial score (nSPS) is 13.7. The minimum atomic E-state index is -1.42. The molecule has 0 amide bonds. The van der Waals surface area contributed by atoms with Gasteiger partial charge in [0.2, 0.25) is 0 Å². The van der Waals surface area contributed by atoms with Crippen molar-refractivity contribution in [2.24, 2.45) is 5.73 Å². The third-order valence-electron chi connectivity index (χ3n) is 1.46. The zero-order chi connectivity index (χ0) is 11.4. The Balaban J connectivity index is 3.62. The molecule has 0 aromatic carbocycles.